The van der Waals surface area contributed by atoms with Crippen LogP contribution in [0.3, 0.4) is 0 Å². The van der Waals surface area contributed by atoms with Crippen LogP contribution in [0.15, 0.2) is 72.8 Å². The molecule has 4 rings (SSSR count). The highest BCUT2D eigenvalue weighted by molar-refractivity contribution is 5.16. The Morgan fingerprint density at radius 2 is 1.07 bits per heavy atom. The number of hydrogen-bond donors (Lipinski definition) is 0. The Labute approximate surface area is 175 Å². The van der Waals surface area contributed by atoms with Crippen LogP contribution >= 0.6 is 0 Å². The molecule has 2 aliphatic carbocycles. The van der Waals surface area contributed by atoms with Gasteiger partial charge in [0.1, 0.15) is 0 Å². The van der Waals surface area contributed by atoms with Crippen molar-refractivity contribution in [2.45, 2.75) is 32.1 Å². The largest absolute Gasteiger partial charge is 0.381 e. The fourth-order valence-electron chi connectivity index (χ4n) is 5.01. The van der Waals surface area contributed by atoms with Gasteiger partial charge in [-0.05, 0) is 66.9 Å². The Bertz CT molecular complexity index is 676. The first-order chi connectivity index (χ1) is 14.4. The Morgan fingerprint density at radius 1 is 0.621 bits per heavy atom. The summed E-state index contributed by atoms with van der Waals surface area (Å²) in [6.07, 6.45) is 10.6. The van der Waals surface area contributed by atoms with E-state index in [9.17, 15) is 0 Å². The fraction of sp³-hybridized carbons (Fsp3) is 0.481. The van der Waals surface area contributed by atoms with Gasteiger partial charge in [-0.1, -0.05) is 72.8 Å². The molecule has 154 valence electrons. The molecule has 0 heterocycles. The zero-order valence-corrected chi connectivity index (χ0v) is 17.4. The molecule has 2 heteroatoms. The van der Waals surface area contributed by atoms with Gasteiger partial charge >= 0.3 is 0 Å². The summed E-state index contributed by atoms with van der Waals surface area (Å²) < 4.78 is 12.2. The third-order valence-electron chi connectivity index (χ3n) is 6.61. The SMILES string of the molecule is C1=CC2CC1C(COCCCc1ccccc1)C2COCCCc1ccccc1. The van der Waals surface area contributed by atoms with Gasteiger partial charge in [0.2, 0.25) is 0 Å². The second-order valence-electron chi connectivity index (χ2n) is 8.60. The number of benzene rings is 2. The third kappa shape index (κ3) is 5.81. The van der Waals surface area contributed by atoms with E-state index in [1.165, 1.54) is 17.5 Å². The highest BCUT2D eigenvalue weighted by atomic mass is 16.5. The molecule has 2 aliphatic rings. The lowest BCUT2D eigenvalue weighted by Crippen LogP contribution is -2.28. The van der Waals surface area contributed by atoms with E-state index >= 15 is 0 Å². The quantitative estimate of drug-likeness (QED) is 0.341. The van der Waals surface area contributed by atoms with E-state index in [1.54, 1.807) is 0 Å². The van der Waals surface area contributed by atoms with Gasteiger partial charge in [0.25, 0.3) is 0 Å². The van der Waals surface area contributed by atoms with Crippen molar-refractivity contribution in [3.8, 4) is 0 Å². The van der Waals surface area contributed by atoms with Crippen molar-refractivity contribution in [2.24, 2.45) is 23.7 Å². The summed E-state index contributed by atoms with van der Waals surface area (Å²) in [7, 11) is 0. The number of aryl methyl sites for hydroxylation is 2. The molecule has 29 heavy (non-hydrogen) atoms. The maximum atomic E-state index is 6.12. The molecule has 0 amide bonds. The second kappa shape index (κ2) is 10.8. The maximum absolute atomic E-state index is 6.12. The van der Waals surface area contributed by atoms with Crippen LogP contribution < -0.4 is 0 Å². The van der Waals surface area contributed by atoms with Gasteiger partial charge in [-0.25, -0.2) is 0 Å². The van der Waals surface area contributed by atoms with Crippen LogP contribution in [0.5, 0.6) is 0 Å². The van der Waals surface area contributed by atoms with Crippen molar-refractivity contribution >= 4 is 0 Å². The van der Waals surface area contributed by atoms with Gasteiger partial charge < -0.3 is 9.47 Å². The molecule has 2 bridgehead atoms. The highest BCUT2D eigenvalue weighted by Crippen LogP contribution is 2.48. The number of rotatable bonds is 12. The molecule has 0 N–H and O–H groups in total. The Morgan fingerprint density at radius 3 is 1.52 bits per heavy atom. The molecule has 1 fully saturated rings. The van der Waals surface area contributed by atoms with Crippen LogP contribution in [0, 0.1) is 23.7 Å². The van der Waals surface area contributed by atoms with Crippen LogP contribution in [0.1, 0.15) is 30.4 Å². The van der Waals surface area contributed by atoms with Gasteiger partial charge in [-0.15, -0.1) is 0 Å². The lowest BCUT2D eigenvalue weighted by molar-refractivity contribution is 0.0269. The smallest absolute Gasteiger partial charge is 0.0503 e. The summed E-state index contributed by atoms with van der Waals surface area (Å²) in [5.74, 6) is 2.67. The van der Waals surface area contributed by atoms with E-state index in [1.807, 2.05) is 0 Å². The van der Waals surface area contributed by atoms with E-state index in [2.05, 4.69) is 72.8 Å². The van der Waals surface area contributed by atoms with Crippen LogP contribution in [0.4, 0.5) is 0 Å². The monoisotopic (exact) mass is 390 g/mol. The summed E-state index contributed by atoms with van der Waals surface area (Å²) in [5.41, 5.74) is 2.81. The van der Waals surface area contributed by atoms with Crippen LogP contribution in [-0.2, 0) is 22.3 Å². The number of ether oxygens (including phenoxy) is 2. The minimum atomic E-state index is 0.635. The van der Waals surface area contributed by atoms with Crippen molar-refractivity contribution in [3.63, 3.8) is 0 Å². The van der Waals surface area contributed by atoms with Gasteiger partial charge in [0.15, 0.2) is 0 Å². The molecule has 2 aromatic rings. The lowest BCUT2D eigenvalue weighted by atomic mass is 9.84. The first kappa shape index (κ1) is 20.4. The summed E-state index contributed by atoms with van der Waals surface area (Å²) in [6.45, 7) is 3.49. The third-order valence-corrected chi connectivity index (χ3v) is 6.61. The summed E-state index contributed by atoms with van der Waals surface area (Å²) in [4.78, 5) is 0. The van der Waals surface area contributed by atoms with Gasteiger partial charge in [-0.2, -0.15) is 0 Å². The summed E-state index contributed by atoms with van der Waals surface area (Å²) >= 11 is 0. The van der Waals surface area contributed by atoms with Crippen molar-refractivity contribution in [3.05, 3.63) is 83.9 Å². The van der Waals surface area contributed by atoms with Crippen molar-refractivity contribution in [1.82, 2.24) is 0 Å². The predicted octanol–water partition coefficient (Wildman–Crippen LogP) is 5.72. The number of hydrogen-bond acceptors (Lipinski definition) is 2. The topological polar surface area (TPSA) is 18.5 Å². The molecular weight excluding hydrogens is 356 g/mol. The van der Waals surface area contributed by atoms with Crippen LogP contribution in [0.2, 0.25) is 0 Å². The van der Waals surface area contributed by atoms with Crippen LogP contribution in [-0.4, -0.2) is 26.4 Å². The zero-order chi connectivity index (χ0) is 19.7. The van der Waals surface area contributed by atoms with Crippen LogP contribution in [0.25, 0.3) is 0 Å². The minimum absolute atomic E-state index is 0.635. The maximum Gasteiger partial charge on any atom is 0.0503 e. The molecule has 4 unspecified atom stereocenters. The van der Waals surface area contributed by atoms with Gasteiger partial charge in [0.05, 0.1) is 13.2 Å². The van der Waals surface area contributed by atoms with Gasteiger partial charge in [0, 0.05) is 13.2 Å². The molecule has 0 spiro atoms. The predicted molar refractivity (Wildman–Crippen MR) is 119 cm³/mol. The molecule has 2 nitrogen and oxygen atoms in total. The van der Waals surface area contributed by atoms with Crippen molar-refractivity contribution in [1.29, 1.82) is 0 Å². The van der Waals surface area contributed by atoms with E-state index in [0.717, 1.165) is 52.1 Å². The first-order valence-corrected chi connectivity index (χ1v) is 11.3. The molecule has 0 aromatic heterocycles. The Kier molecular flexibility index (Phi) is 7.56. The van der Waals surface area contributed by atoms with E-state index in [-0.39, 0.29) is 0 Å². The van der Waals surface area contributed by atoms with E-state index < -0.39 is 0 Å². The standard InChI is InChI=1S/C27H34O2/c1-3-9-22(10-4-1)13-7-17-28-20-26-24-15-16-25(19-24)27(26)21-29-18-8-14-23-11-5-2-6-12-23/h1-6,9-12,15-16,24-27H,7-8,13-14,17-21H2. The fourth-order valence-corrected chi connectivity index (χ4v) is 5.01. The normalized spacial score (nSPS) is 25.0. The average Bonchev–Trinajstić information content (AvgIpc) is 3.37. The number of allylic oxidation sites excluding steroid dienone is 2. The second-order valence-corrected chi connectivity index (χ2v) is 8.60. The van der Waals surface area contributed by atoms with E-state index in [0.29, 0.717) is 23.7 Å². The first-order valence-electron chi connectivity index (χ1n) is 11.3. The highest BCUT2D eigenvalue weighted by Gasteiger charge is 2.44. The zero-order valence-electron chi connectivity index (χ0n) is 17.4. The lowest BCUT2D eigenvalue weighted by Gasteiger charge is -2.28. The minimum Gasteiger partial charge on any atom is -0.381 e. The Balaban J connectivity index is 1.13. The van der Waals surface area contributed by atoms with Crippen molar-refractivity contribution < 1.29 is 9.47 Å². The molecule has 0 saturated heterocycles. The molecule has 1 saturated carbocycles. The molecule has 4 atom stereocenters. The molecular formula is C27H34O2. The molecule has 0 aliphatic heterocycles. The molecule has 2 aromatic carbocycles. The number of fused-ring (bicyclic) bond motifs is 2. The average molecular weight is 391 g/mol. The Hall–Kier alpha value is -1.90. The summed E-state index contributed by atoms with van der Waals surface area (Å²) in [5, 5.41) is 0. The summed E-state index contributed by atoms with van der Waals surface area (Å²) in [6, 6.07) is 21.4. The van der Waals surface area contributed by atoms with Gasteiger partial charge in [-0.3, -0.25) is 0 Å². The molecule has 0 radical (unpaired) electrons. The van der Waals surface area contributed by atoms with Crippen molar-refractivity contribution in [2.75, 3.05) is 26.4 Å². The van der Waals surface area contributed by atoms with E-state index in [4.69, 9.17) is 9.47 Å².